The first-order chi connectivity index (χ1) is 10.1. The number of aromatic nitrogens is 2. The molecule has 1 saturated carbocycles. The number of carbonyl (C=O) groups is 1. The number of hydrogen-bond acceptors (Lipinski definition) is 5. The Morgan fingerprint density at radius 1 is 1.43 bits per heavy atom. The Bertz CT molecular complexity index is 490. The van der Waals surface area contributed by atoms with Crippen molar-refractivity contribution in [3.05, 3.63) is 18.5 Å². The molecule has 1 unspecified atom stereocenters. The first-order valence-electron chi connectivity index (χ1n) is 7.62. The van der Waals surface area contributed by atoms with Crippen molar-refractivity contribution in [3.63, 3.8) is 0 Å². The third-order valence-electron chi connectivity index (χ3n) is 4.47. The highest BCUT2D eigenvalue weighted by Gasteiger charge is 2.36. The summed E-state index contributed by atoms with van der Waals surface area (Å²) in [7, 11) is 1.86. The molecule has 0 bridgehead atoms. The zero-order chi connectivity index (χ0) is 14.8. The number of carbonyl (C=O) groups excluding carboxylic acids is 1. The van der Waals surface area contributed by atoms with Crippen LogP contribution in [0.2, 0.25) is 0 Å². The van der Waals surface area contributed by atoms with Crippen molar-refractivity contribution in [2.75, 3.05) is 25.0 Å². The fourth-order valence-corrected chi connectivity index (χ4v) is 3.28. The molecule has 6 heteroatoms. The molecule has 0 spiro atoms. The topological polar surface area (TPSA) is 69.6 Å². The van der Waals surface area contributed by atoms with Gasteiger partial charge in [-0.1, -0.05) is 0 Å². The van der Waals surface area contributed by atoms with E-state index < -0.39 is 0 Å². The van der Waals surface area contributed by atoms with Gasteiger partial charge in [-0.05, 0) is 37.7 Å². The van der Waals surface area contributed by atoms with Crippen molar-refractivity contribution < 1.29 is 9.90 Å². The number of aliphatic hydroxyl groups excluding tert-OH is 1. The van der Waals surface area contributed by atoms with Gasteiger partial charge in [0, 0.05) is 32.5 Å². The maximum absolute atomic E-state index is 12.7. The Morgan fingerprint density at radius 2 is 2.14 bits per heavy atom. The second-order valence-corrected chi connectivity index (χ2v) is 6.11. The molecule has 1 atom stereocenters. The normalized spacial score (nSPS) is 28.3. The summed E-state index contributed by atoms with van der Waals surface area (Å²) in [5.41, 5.74) is 0. The fraction of sp³-hybridized carbons (Fsp3) is 0.667. The average Bonchev–Trinajstić information content (AvgIpc) is 2.95. The van der Waals surface area contributed by atoms with Crippen LogP contribution in [0.1, 0.15) is 25.7 Å². The van der Waals surface area contributed by atoms with Crippen LogP contribution < -0.4 is 4.90 Å². The van der Waals surface area contributed by atoms with Crippen molar-refractivity contribution in [3.8, 4) is 0 Å². The van der Waals surface area contributed by atoms with Gasteiger partial charge in [0.1, 0.15) is 6.04 Å². The number of likely N-dealkylation sites (N-methyl/N-ethyl adjacent to an activating group) is 1. The molecule has 1 aromatic heterocycles. The summed E-state index contributed by atoms with van der Waals surface area (Å²) in [6, 6.07) is 1.63. The Labute approximate surface area is 124 Å². The van der Waals surface area contributed by atoms with Crippen LogP contribution in [0.15, 0.2) is 18.5 Å². The summed E-state index contributed by atoms with van der Waals surface area (Å²) >= 11 is 0. The number of hydrogen-bond donors (Lipinski definition) is 1. The van der Waals surface area contributed by atoms with Crippen LogP contribution in [0, 0.1) is 5.92 Å². The van der Waals surface area contributed by atoms with E-state index in [2.05, 4.69) is 9.97 Å². The highest BCUT2D eigenvalue weighted by Crippen LogP contribution is 2.29. The van der Waals surface area contributed by atoms with E-state index in [9.17, 15) is 9.90 Å². The molecule has 0 radical (unpaired) electrons. The van der Waals surface area contributed by atoms with Gasteiger partial charge in [-0.3, -0.25) is 4.79 Å². The molecular formula is C15H22N4O2. The lowest BCUT2D eigenvalue weighted by atomic mass is 9.82. The van der Waals surface area contributed by atoms with E-state index in [0.717, 1.165) is 38.8 Å². The van der Waals surface area contributed by atoms with Gasteiger partial charge in [-0.15, -0.1) is 0 Å². The van der Waals surface area contributed by atoms with Gasteiger partial charge in [-0.2, -0.15) is 0 Å². The maximum Gasteiger partial charge on any atom is 0.245 e. The minimum Gasteiger partial charge on any atom is -0.393 e. The molecule has 1 saturated heterocycles. The summed E-state index contributed by atoms with van der Waals surface area (Å²) in [5.74, 6) is 1.22. The molecule has 114 valence electrons. The molecule has 1 N–H and O–H groups in total. The monoisotopic (exact) mass is 290 g/mol. The fourth-order valence-electron chi connectivity index (χ4n) is 3.28. The predicted octanol–water partition coefficient (Wildman–Crippen LogP) is 0.675. The van der Waals surface area contributed by atoms with Crippen LogP contribution in [0.5, 0.6) is 0 Å². The molecule has 2 heterocycles. The number of rotatable bonds is 4. The third-order valence-corrected chi connectivity index (χ3v) is 4.47. The molecule has 2 fully saturated rings. The SMILES string of the molecule is CN(CC1CC(O)C1)C(=O)C1CCCN1c1ncccn1. The zero-order valence-electron chi connectivity index (χ0n) is 12.4. The quantitative estimate of drug-likeness (QED) is 0.883. The lowest BCUT2D eigenvalue weighted by Crippen LogP contribution is -2.47. The van der Waals surface area contributed by atoms with Gasteiger partial charge in [0.25, 0.3) is 0 Å². The molecule has 1 aromatic rings. The van der Waals surface area contributed by atoms with Crippen molar-refractivity contribution in [1.29, 1.82) is 0 Å². The van der Waals surface area contributed by atoms with Crippen molar-refractivity contribution in [2.45, 2.75) is 37.8 Å². The first kappa shape index (κ1) is 14.3. The van der Waals surface area contributed by atoms with Crippen LogP contribution in [-0.2, 0) is 4.79 Å². The summed E-state index contributed by atoms with van der Waals surface area (Å²) in [6.07, 6.45) is 6.73. The number of aliphatic hydroxyl groups is 1. The van der Waals surface area contributed by atoms with Gasteiger partial charge in [0.05, 0.1) is 6.10 Å². The molecule has 1 aliphatic heterocycles. The predicted molar refractivity (Wildman–Crippen MR) is 78.8 cm³/mol. The van der Waals surface area contributed by atoms with E-state index in [1.807, 2.05) is 16.8 Å². The molecule has 1 aliphatic carbocycles. The average molecular weight is 290 g/mol. The third kappa shape index (κ3) is 3.00. The smallest absolute Gasteiger partial charge is 0.245 e. The van der Waals surface area contributed by atoms with Crippen LogP contribution in [0.4, 0.5) is 5.95 Å². The lowest BCUT2D eigenvalue weighted by molar-refractivity contribution is -0.132. The van der Waals surface area contributed by atoms with Gasteiger partial charge in [0.2, 0.25) is 11.9 Å². The van der Waals surface area contributed by atoms with Crippen LogP contribution in [-0.4, -0.2) is 58.2 Å². The summed E-state index contributed by atoms with van der Waals surface area (Å²) in [4.78, 5) is 25.0. The lowest BCUT2D eigenvalue weighted by Gasteiger charge is -2.36. The minimum atomic E-state index is -0.167. The highest BCUT2D eigenvalue weighted by molar-refractivity contribution is 5.85. The highest BCUT2D eigenvalue weighted by atomic mass is 16.3. The van der Waals surface area contributed by atoms with Crippen LogP contribution in [0.25, 0.3) is 0 Å². The second-order valence-electron chi connectivity index (χ2n) is 6.11. The van der Waals surface area contributed by atoms with Gasteiger partial charge < -0.3 is 14.9 Å². The van der Waals surface area contributed by atoms with Gasteiger partial charge in [0.15, 0.2) is 0 Å². The first-order valence-corrected chi connectivity index (χ1v) is 7.62. The van der Waals surface area contributed by atoms with Gasteiger partial charge >= 0.3 is 0 Å². The summed E-state index contributed by atoms with van der Waals surface area (Å²) < 4.78 is 0. The van der Waals surface area contributed by atoms with Gasteiger partial charge in [-0.25, -0.2) is 9.97 Å². The molecule has 0 aromatic carbocycles. The molecule has 3 rings (SSSR count). The van der Waals surface area contributed by atoms with E-state index in [1.54, 1.807) is 18.5 Å². The van der Waals surface area contributed by atoms with Crippen molar-refractivity contribution >= 4 is 11.9 Å². The molecule has 6 nitrogen and oxygen atoms in total. The van der Waals surface area contributed by atoms with Crippen LogP contribution in [0.3, 0.4) is 0 Å². The Hall–Kier alpha value is -1.69. The second kappa shape index (κ2) is 5.97. The Kier molecular flexibility index (Phi) is 4.05. The number of anilines is 1. The Balaban J connectivity index is 1.63. The maximum atomic E-state index is 12.7. The Morgan fingerprint density at radius 3 is 2.81 bits per heavy atom. The largest absolute Gasteiger partial charge is 0.393 e. The molecule has 2 aliphatic rings. The molecule has 21 heavy (non-hydrogen) atoms. The standard InChI is InChI=1S/C15H22N4O2/c1-18(10-11-8-12(20)9-11)14(21)13-4-2-7-19(13)15-16-5-3-6-17-15/h3,5-6,11-13,20H,2,4,7-10H2,1H3. The number of nitrogens with zero attached hydrogens (tertiary/aromatic N) is 4. The van der Waals surface area contributed by atoms with E-state index >= 15 is 0 Å². The van der Waals surface area contributed by atoms with E-state index in [0.29, 0.717) is 11.9 Å². The van der Waals surface area contributed by atoms with Crippen LogP contribution >= 0.6 is 0 Å². The minimum absolute atomic E-state index is 0.140. The van der Waals surface area contributed by atoms with Crippen molar-refractivity contribution in [1.82, 2.24) is 14.9 Å². The van der Waals surface area contributed by atoms with E-state index in [-0.39, 0.29) is 18.1 Å². The zero-order valence-corrected chi connectivity index (χ0v) is 12.4. The van der Waals surface area contributed by atoms with E-state index in [1.165, 1.54) is 0 Å². The van der Waals surface area contributed by atoms with E-state index in [4.69, 9.17) is 0 Å². The molecular weight excluding hydrogens is 268 g/mol. The number of amides is 1. The summed E-state index contributed by atoms with van der Waals surface area (Å²) in [6.45, 7) is 1.56. The molecule has 1 amide bonds. The van der Waals surface area contributed by atoms with Crippen molar-refractivity contribution in [2.24, 2.45) is 5.92 Å². The summed E-state index contributed by atoms with van der Waals surface area (Å²) in [5, 5.41) is 9.34.